The number of hydrogen-bond donors (Lipinski definition) is 1. The molecule has 2 aliphatic heterocycles. The Kier molecular flexibility index (Phi) is 9.36. The molecule has 2 aromatic rings. The Labute approximate surface area is 230 Å². The fraction of sp³-hybridized carbons (Fsp3) is 0.500. The molecule has 208 valence electrons. The van der Waals surface area contributed by atoms with Crippen LogP contribution >= 0.6 is 11.6 Å². The van der Waals surface area contributed by atoms with Gasteiger partial charge < -0.3 is 10.1 Å². The van der Waals surface area contributed by atoms with Crippen LogP contribution in [0.2, 0.25) is 5.02 Å². The van der Waals surface area contributed by atoms with Crippen molar-refractivity contribution in [2.75, 3.05) is 32.8 Å². The van der Waals surface area contributed by atoms with Crippen LogP contribution in [0.15, 0.2) is 52.3 Å². The lowest BCUT2D eigenvalue weighted by atomic mass is 9.99. The van der Waals surface area contributed by atoms with Gasteiger partial charge in [-0.3, -0.25) is 4.79 Å². The Balaban J connectivity index is 1.35. The molecule has 1 N–H and O–H groups in total. The van der Waals surface area contributed by atoms with Crippen molar-refractivity contribution < 1.29 is 26.4 Å². The van der Waals surface area contributed by atoms with E-state index in [4.69, 9.17) is 16.3 Å². The summed E-state index contributed by atoms with van der Waals surface area (Å²) in [6, 6.07) is 10.9. The molecule has 4 rings (SSSR count). The van der Waals surface area contributed by atoms with Gasteiger partial charge in [-0.05, 0) is 68.5 Å². The third kappa shape index (κ3) is 6.51. The van der Waals surface area contributed by atoms with Crippen molar-refractivity contribution in [1.82, 2.24) is 13.9 Å². The first-order valence-corrected chi connectivity index (χ1v) is 16.2. The Morgan fingerprint density at radius 1 is 0.921 bits per heavy atom. The van der Waals surface area contributed by atoms with E-state index in [0.717, 1.165) is 24.8 Å². The number of carbonyl (C=O) groups excluding carboxylic acids is 1. The predicted molar refractivity (Wildman–Crippen MR) is 145 cm³/mol. The van der Waals surface area contributed by atoms with Gasteiger partial charge in [-0.1, -0.05) is 30.2 Å². The Bertz CT molecular complexity index is 1340. The molecule has 2 fully saturated rings. The summed E-state index contributed by atoms with van der Waals surface area (Å²) >= 11 is 6.20. The number of piperidine rings is 2. The normalized spacial score (nSPS) is 19.7. The molecule has 0 saturated carbocycles. The molecule has 1 unspecified atom stereocenters. The van der Waals surface area contributed by atoms with Gasteiger partial charge in [-0.25, -0.2) is 16.8 Å². The molecule has 0 aromatic heterocycles. The van der Waals surface area contributed by atoms with E-state index < -0.39 is 26.0 Å². The first-order chi connectivity index (χ1) is 18.1. The highest BCUT2D eigenvalue weighted by molar-refractivity contribution is 7.89. The maximum Gasteiger partial charge on any atom is 0.243 e. The van der Waals surface area contributed by atoms with Crippen LogP contribution in [-0.2, 0) is 31.4 Å². The summed E-state index contributed by atoms with van der Waals surface area (Å²) in [7, 11) is -7.34. The SMILES string of the molecule is CCOc1ccc(S(=O)(=O)N2CCCC(C(=O)NCc3ccc(S(=O)(=O)N4CCCCC4)cc3)C2)cc1Cl. The monoisotopic (exact) mass is 583 g/mol. The van der Waals surface area contributed by atoms with Crippen LogP contribution in [0.25, 0.3) is 0 Å². The average Bonchev–Trinajstić information content (AvgIpc) is 2.93. The number of nitrogens with zero attached hydrogens (tertiary/aromatic N) is 2. The first-order valence-electron chi connectivity index (χ1n) is 12.9. The van der Waals surface area contributed by atoms with E-state index >= 15 is 0 Å². The van der Waals surface area contributed by atoms with Crippen LogP contribution in [0.5, 0.6) is 5.75 Å². The van der Waals surface area contributed by atoms with Gasteiger partial charge in [0.05, 0.1) is 27.3 Å². The van der Waals surface area contributed by atoms with Gasteiger partial charge in [-0.2, -0.15) is 8.61 Å². The van der Waals surface area contributed by atoms with Crippen LogP contribution < -0.4 is 10.1 Å². The smallest absolute Gasteiger partial charge is 0.243 e. The summed E-state index contributed by atoms with van der Waals surface area (Å²) in [5, 5.41) is 3.09. The highest BCUT2D eigenvalue weighted by Gasteiger charge is 2.33. The van der Waals surface area contributed by atoms with E-state index in [9.17, 15) is 21.6 Å². The number of nitrogens with one attached hydrogen (secondary N) is 1. The number of amides is 1. The van der Waals surface area contributed by atoms with Crippen LogP contribution in [0, 0.1) is 5.92 Å². The van der Waals surface area contributed by atoms with Crippen LogP contribution in [0.4, 0.5) is 0 Å². The molecular weight excluding hydrogens is 550 g/mol. The molecule has 1 amide bonds. The Morgan fingerprint density at radius 2 is 1.55 bits per heavy atom. The third-order valence-electron chi connectivity index (χ3n) is 6.94. The number of ether oxygens (including phenoxy) is 1. The zero-order chi connectivity index (χ0) is 27.3. The summed E-state index contributed by atoms with van der Waals surface area (Å²) in [4.78, 5) is 13.2. The van der Waals surface area contributed by atoms with Gasteiger partial charge in [-0.15, -0.1) is 0 Å². The highest BCUT2D eigenvalue weighted by Crippen LogP contribution is 2.30. The Hall–Kier alpha value is -2.18. The molecule has 0 bridgehead atoms. The molecule has 0 aliphatic carbocycles. The van der Waals surface area contributed by atoms with Crippen molar-refractivity contribution in [3.63, 3.8) is 0 Å². The second kappa shape index (κ2) is 12.3. The van der Waals surface area contributed by atoms with Crippen molar-refractivity contribution >= 4 is 37.6 Å². The lowest BCUT2D eigenvalue weighted by Crippen LogP contribution is -2.45. The number of sulfonamides is 2. The molecule has 9 nitrogen and oxygen atoms in total. The highest BCUT2D eigenvalue weighted by atomic mass is 35.5. The van der Waals surface area contributed by atoms with E-state index in [1.54, 1.807) is 24.3 Å². The zero-order valence-corrected chi connectivity index (χ0v) is 23.8. The molecule has 0 spiro atoms. The minimum atomic E-state index is -3.83. The van der Waals surface area contributed by atoms with Gasteiger partial charge >= 0.3 is 0 Å². The van der Waals surface area contributed by atoms with E-state index in [1.165, 1.54) is 26.8 Å². The van der Waals surface area contributed by atoms with Crippen molar-refractivity contribution in [3.8, 4) is 5.75 Å². The largest absolute Gasteiger partial charge is 0.492 e. The quantitative estimate of drug-likeness (QED) is 0.482. The molecule has 0 radical (unpaired) electrons. The predicted octanol–water partition coefficient (Wildman–Crippen LogP) is 3.63. The van der Waals surface area contributed by atoms with Crippen LogP contribution in [0.1, 0.15) is 44.6 Å². The van der Waals surface area contributed by atoms with Gasteiger partial charge in [0.1, 0.15) is 5.75 Å². The van der Waals surface area contributed by atoms with Gasteiger partial charge in [0.25, 0.3) is 0 Å². The van der Waals surface area contributed by atoms with Crippen molar-refractivity contribution in [2.45, 2.75) is 55.4 Å². The average molecular weight is 584 g/mol. The summed E-state index contributed by atoms with van der Waals surface area (Å²) in [5.41, 5.74) is 0.764. The van der Waals surface area contributed by atoms with Gasteiger partial charge in [0.2, 0.25) is 26.0 Å². The van der Waals surface area contributed by atoms with Crippen molar-refractivity contribution in [3.05, 3.63) is 53.1 Å². The van der Waals surface area contributed by atoms with E-state index in [2.05, 4.69) is 5.32 Å². The molecular formula is C26H34ClN3O6S2. The zero-order valence-electron chi connectivity index (χ0n) is 21.4. The molecule has 12 heteroatoms. The van der Waals surface area contributed by atoms with Crippen LogP contribution in [0.3, 0.4) is 0 Å². The second-order valence-electron chi connectivity index (χ2n) is 9.55. The first kappa shape index (κ1) is 28.8. The van der Waals surface area contributed by atoms with Gasteiger partial charge in [0.15, 0.2) is 0 Å². The van der Waals surface area contributed by atoms with E-state index in [1.807, 2.05) is 6.92 Å². The molecule has 2 heterocycles. The topological polar surface area (TPSA) is 113 Å². The third-order valence-corrected chi connectivity index (χ3v) is 11.0. The van der Waals surface area contributed by atoms with E-state index in [0.29, 0.717) is 44.8 Å². The number of halogens is 1. The number of carbonyl (C=O) groups is 1. The molecule has 2 aliphatic rings. The van der Waals surface area contributed by atoms with Gasteiger partial charge in [0, 0.05) is 32.7 Å². The minimum Gasteiger partial charge on any atom is -0.492 e. The lowest BCUT2D eigenvalue weighted by molar-refractivity contribution is -0.126. The number of benzene rings is 2. The number of rotatable bonds is 9. The summed E-state index contributed by atoms with van der Waals surface area (Å²) in [6.45, 7) is 3.93. The van der Waals surface area contributed by atoms with Crippen molar-refractivity contribution in [1.29, 1.82) is 0 Å². The molecule has 38 heavy (non-hydrogen) atoms. The van der Waals surface area contributed by atoms with Crippen molar-refractivity contribution in [2.24, 2.45) is 5.92 Å². The second-order valence-corrected chi connectivity index (χ2v) is 13.8. The minimum absolute atomic E-state index is 0.0617. The van der Waals surface area contributed by atoms with Crippen LogP contribution in [-0.4, -0.2) is 64.1 Å². The summed E-state index contributed by atoms with van der Waals surface area (Å²) in [6.07, 6.45) is 3.93. The maximum absolute atomic E-state index is 13.2. The maximum atomic E-state index is 13.2. The molecule has 2 saturated heterocycles. The Morgan fingerprint density at radius 3 is 2.21 bits per heavy atom. The standard InChI is InChI=1S/C26H34ClN3O6S2/c1-2-36-25-13-12-23(17-24(25)27)38(34,35)30-16-6-7-21(19-30)26(31)28-18-20-8-10-22(11-9-20)37(32,33)29-14-4-3-5-15-29/h8-13,17,21H,2-7,14-16,18-19H2,1H3,(H,28,31). The molecule has 1 atom stereocenters. The number of hydrogen-bond acceptors (Lipinski definition) is 6. The summed E-state index contributed by atoms with van der Waals surface area (Å²) in [5.74, 6) is -0.309. The lowest BCUT2D eigenvalue weighted by Gasteiger charge is -2.31. The van der Waals surface area contributed by atoms with E-state index in [-0.39, 0.29) is 33.8 Å². The summed E-state index contributed by atoms with van der Waals surface area (Å²) < 4.78 is 60.4. The molecule has 2 aromatic carbocycles. The fourth-order valence-corrected chi connectivity index (χ4v) is 8.17. The fourth-order valence-electron chi connectivity index (χ4n) is 4.81.